The Balaban J connectivity index is 1.43. The van der Waals surface area contributed by atoms with Gasteiger partial charge in [0.1, 0.15) is 6.61 Å². The monoisotopic (exact) mass is 436 g/mol. The zero-order chi connectivity index (χ0) is 21.6. The number of hydrogen-bond acceptors (Lipinski definition) is 4. The fraction of sp³-hybridized carbons (Fsp3) is 0.167. The van der Waals surface area contributed by atoms with E-state index in [9.17, 15) is 14.0 Å². The summed E-state index contributed by atoms with van der Waals surface area (Å²) in [6.45, 7) is 0.0591. The fourth-order valence-corrected chi connectivity index (χ4v) is 4.40. The van der Waals surface area contributed by atoms with Crippen molar-refractivity contribution in [2.24, 2.45) is 0 Å². The van der Waals surface area contributed by atoms with Crippen LogP contribution < -0.4 is 15.4 Å². The number of fused-ring (bicyclic) bond motifs is 1. The Labute approximate surface area is 184 Å². The normalized spacial score (nSPS) is 16.0. The molecular weight excluding hydrogens is 415 g/mol. The third kappa shape index (κ3) is 5.24. The predicted octanol–water partition coefficient (Wildman–Crippen LogP) is 4.57. The quantitative estimate of drug-likeness (QED) is 0.570. The zero-order valence-electron chi connectivity index (χ0n) is 16.6. The van der Waals surface area contributed by atoms with Crippen molar-refractivity contribution in [3.63, 3.8) is 0 Å². The number of nitrogens with one attached hydrogen (secondary N) is 2. The highest BCUT2D eigenvalue weighted by atomic mass is 32.2. The Morgan fingerprint density at radius 1 is 1.03 bits per heavy atom. The van der Waals surface area contributed by atoms with Crippen LogP contribution in [0.1, 0.15) is 18.0 Å². The first kappa shape index (κ1) is 20.9. The van der Waals surface area contributed by atoms with E-state index in [-0.39, 0.29) is 30.6 Å². The molecule has 3 aromatic rings. The van der Waals surface area contributed by atoms with Crippen LogP contribution in [-0.4, -0.2) is 23.7 Å². The number of para-hydroxylation sites is 2. The van der Waals surface area contributed by atoms with E-state index < -0.39 is 17.1 Å². The Morgan fingerprint density at radius 3 is 2.55 bits per heavy atom. The maximum Gasteiger partial charge on any atom is 0.238 e. The average molecular weight is 437 g/mol. The van der Waals surface area contributed by atoms with Crippen molar-refractivity contribution in [3.05, 3.63) is 90.2 Å². The first-order valence-electron chi connectivity index (χ1n) is 9.88. The highest BCUT2D eigenvalue weighted by molar-refractivity contribution is 8.01. The van der Waals surface area contributed by atoms with Crippen molar-refractivity contribution in [2.45, 2.75) is 22.6 Å². The van der Waals surface area contributed by atoms with E-state index >= 15 is 0 Å². The molecule has 0 spiro atoms. The van der Waals surface area contributed by atoms with Crippen LogP contribution in [0, 0.1) is 5.82 Å². The fourth-order valence-electron chi connectivity index (χ4n) is 3.29. The van der Waals surface area contributed by atoms with Gasteiger partial charge >= 0.3 is 0 Å². The summed E-state index contributed by atoms with van der Waals surface area (Å²) in [5, 5.41) is 5.25. The van der Waals surface area contributed by atoms with E-state index in [1.807, 2.05) is 54.6 Å². The summed E-state index contributed by atoms with van der Waals surface area (Å²) in [4.78, 5) is 26.1. The van der Waals surface area contributed by atoms with Crippen molar-refractivity contribution in [3.8, 4) is 5.75 Å². The average Bonchev–Trinajstić information content (AvgIpc) is 2.78. The molecule has 5 nitrogen and oxygen atoms in total. The van der Waals surface area contributed by atoms with Gasteiger partial charge in [-0.1, -0.05) is 54.6 Å². The van der Waals surface area contributed by atoms with Crippen LogP contribution in [0.25, 0.3) is 0 Å². The lowest BCUT2D eigenvalue weighted by Gasteiger charge is -2.25. The van der Waals surface area contributed by atoms with Crippen molar-refractivity contribution in [1.29, 1.82) is 0 Å². The lowest BCUT2D eigenvalue weighted by molar-refractivity contribution is -0.124. The first-order chi connectivity index (χ1) is 15.1. The highest BCUT2D eigenvalue weighted by Crippen LogP contribution is 2.36. The number of carbonyl (C=O) groups is 2. The van der Waals surface area contributed by atoms with Gasteiger partial charge in [0.05, 0.1) is 17.0 Å². The van der Waals surface area contributed by atoms with E-state index in [4.69, 9.17) is 4.74 Å². The van der Waals surface area contributed by atoms with Gasteiger partial charge in [0.15, 0.2) is 11.6 Å². The molecule has 2 N–H and O–H groups in total. The molecule has 31 heavy (non-hydrogen) atoms. The van der Waals surface area contributed by atoms with Gasteiger partial charge in [-0.3, -0.25) is 9.59 Å². The molecule has 2 atom stereocenters. The number of carbonyl (C=O) groups excluding carboxylic acids is 2. The Morgan fingerprint density at radius 2 is 1.74 bits per heavy atom. The number of amides is 2. The maximum atomic E-state index is 13.9. The van der Waals surface area contributed by atoms with E-state index in [1.165, 1.54) is 17.8 Å². The number of thioether (sulfide) groups is 1. The molecule has 0 radical (unpaired) electrons. The van der Waals surface area contributed by atoms with Gasteiger partial charge < -0.3 is 15.4 Å². The Kier molecular flexibility index (Phi) is 6.52. The number of anilines is 1. The summed E-state index contributed by atoms with van der Waals surface area (Å²) in [6, 6.07) is 22.5. The molecule has 158 valence electrons. The summed E-state index contributed by atoms with van der Waals surface area (Å²) in [6.07, 6.45) is 0.0217. The Hall–Kier alpha value is -3.32. The summed E-state index contributed by atoms with van der Waals surface area (Å²) in [5.74, 6) is -0.818. The van der Waals surface area contributed by atoms with Crippen LogP contribution in [-0.2, 0) is 9.59 Å². The molecular formula is C24H21FN2O3S. The van der Waals surface area contributed by atoms with Gasteiger partial charge in [-0.2, -0.15) is 0 Å². The van der Waals surface area contributed by atoms with Crippen LogP contribution in [0.15, 0.2) is 83.8 Å². The van der Waals surface area contributed by atoms with Gasteiger partial charge in [0, 0.05) is 11.3 Å². The van der Waals surface area contributed by atoms with Gasteiger partial charge in [0.25, 0.3) is 0 Å². The summed E-state index contributed by atoms with van der Waals surface area (Å²) in [7, 11) is 0. The largest absolute Gasteiger partial charge is 0.488 e. The predicted molar refractivity (Wildman–Crippen MR) is 119 cm³/mol. The zero-order valence-corrected chi connectivity index (χ0v) is 17.4. The maximum absolute atomic E-state index is 13.9. The van der Waals surface area contributed by atoms with Crippen molar-refractivity contribution in [1.82, 2.24) is 5.32 Å². The smallest absolute Gasteiger partial charge is 0.238 e. The molecule has 0 bridgehead atoms. The third-order valence-corrected chi connectivity index (χ3v) is 6.13. The molecule has 1 heterocycles. The summed E-state index contributed by atoms with van der Waals surface area (Å²) >= 11 is 1.37. The van der Waals surface area contributed by atoms with E-state index in [2.05, 4.69) is 10.6 Å². The SMILES string of the molecule is O=C(CC1Sc2ccccc2NC1=O)NC(COc1ccccc1F)c1ccccc1. The molecule has 0 aliphatic carbocycles. The second-order valence-electron chi connectivity index (χ2n) is 7.07. The number of ether oxygens (including phenoxy) is 1. The topological polar surface area (TPSA) is 67.4 Å². The van der Waals surface area contributed by atoms with Gasteiger partial charge in [-0.25, -0.2) is 4.39 Å². The van der Waals surface area contributed by atoms with Crippen LogP contribution in [0.3, 0.4) is 0 Å². The molecule has 2 unspecified atom stereocenters. The lowest BCUT2D eigenvalue weighted by Crippen LogP contribution is -2.37. The molecule has 0 aromatic heterocycles. The second kappa shape index (κ2) is 9.66. The molecule has 3 aromatic carbocycles. The van der Waals surface area contributed by atoms with E-state index in [0.29, 0.717) is 0 Å². The second-order valence-corrected chi connectivity index (χ2v) is 8.31. The Bertz CT molecular complexity index is 1080. The van der Waals surface area contributed by atoms with E-state index in [0.717, 1.165) is 16.1 Å². The standard InChI is InChI=1S/C24H21FN2O3S/c25-17-10-4-6-12-20(17)30-15-19(16-8-2-1-3-9-16)26-23(28)14-22-24(29)27-18-11-5-7-13-21(18)31-22/h1-13,19,22H,14-15H2,(H,26,28)(H,27,29). The number of halogens is 1. The summed E-state index contributed by atoms with van der Waals surface area (Å²) in [5.41, 5.74) is 1.59. The highest BCUT2D eigenvalue weighted by Gasteiger charge is 2.29. The van der Waals surface area contributed by atoms with Gasteiger partial charge in [-0.15, -0.1) is 11.8 Å². The van der Waals surface area contributed by atoms with E-state index in [1.54, 1.807) is 18.2 Å². The molecule has 1 aliphatic rings. The van der Waals surface area contributed by atoms with Crippen molar-refractivity contribution in [2.75, 3.05) is 11.9 Å². The van der Waals surface area contributed by atoms with Crippen molar-refractivity contribution < 1.29 is 18.7 Å². The van der Waals surface area contributed by atoms with Gasteiger partial charge in [0.2, 0.25) is 11.8 Å². The molecule has 4 rings (SSSR count). The lowest BCUT2D eigenvalue weighted by atomic mass is 10.1. The third-order valence-electron chi connectivity index (χ3n) is 4.86. The van der Waals surface area contributed by atoms with Crippen LogP contribution in [0.5, 0.6) is 5.75 Å². The molecule has 2 amide bonds. The van der Waals surface area contributed by atoms with Crippen LogP contribution in [0.4, 0.5) is 10.1 Å². The summed E-state index contributed by atoms with van der Waals surface area (Å²) < 4.78 is 19.6. The number of benzene rings is 3. The number of rotatable bonds is 7. The van der Waals surface area contributed by atoms with Gasteiger partial charge in [-0.05, 0) is 29.8 Å². The number of hydrogen-bond donors (Lipinski definition) is 2. The van der Waals surface area contributed by atoms with Crippen LogP contribution >= 0.6 is 11.8 Å². The first-order valence-corrected chi connectivity index (χ1v) is 10.8. The molecule has 0 saturated carbocycles. The molecule has 7 heteroatoms. The minimum absolute atomic E-state index is 0.0217. The molecule has 0 saturated heterocycles. The minimum Gasteiger partial charge on any atom is -0.488 e. The van der Waals surface area contributed by atoms with Crippen LogP contribution in [0.2, 0.25) is 0 Å². The molecule has 0 fully saturated rings. The van der Waals surface area contributed by atoms with Crippen molar-refractivity contribution >= 4 is 29.3 Å². The molecule has 1 aliphatic heterocycles. The minimum atomic E-state index is -0.529.